The Balaban J connectivity index is 2.44. The van der Waals surface area contributed by atoms with Gasteiger partial charge in [0.25, 0.3) is 0 Å². The molecule has 3 nitrogen and oxygen atoms in total. The number of hydrogen-bond acceptors (Lipinski definition) is 3. The fourth-order valence-corrected chi connectivity index (χ4v) is 1.74. The maximum Gasteiger partial charge on any atom is 0.120 e. The zero-order chi connectivity index (χ0) is 11.3. The Hall–Kier alpha value is -0.800. The highest BCUT2D eigenvalue weighted by Crippen LogP contribution is 2.15. The highest BCUT2D eigenvalue weighted by Gasteiger charge is 2.15. The Morgan fingerprint density at radius 3 is 2.60 bits per heavy atom. The lowest BCUT2D eigenvalue weighted by Gasteiger charge is -2.21. The van der Waals surface area contributed by atoms with E-state index >= 15 is 0 Å². The molecule has 1 aromatic rings. The van der Waals surface area contributed by atoms with Crippen molar-refractivity contribution in [2.45, 2.75) is 39.3 Å². The molecule has 1 aromatic heterocycles. The highest BCUT2D eigenvalue weighted by atomic mass is 16.3. The zero-order valence-electron chi connectivity index (χ0n) is 9.73. The van der Waals surface area contributed by atoms with E-state index in [2.05, 4.69) is 19.2 Å². The molecule has 3 heteroatoms. The number of hydrogen-bond donors (Lipinski definition) is 2. The van der Waals surface area contributed by atoms with E-state index < -0.39 is 0 Å². The van der Waals surface area contributed by atoms with Gasteiger partial charge < -0.3 is 14.8 Å². The van der Waals surface area contributed by atoms with E-state index in [1.165, 1.54) is 0 Å². The lowest BCUT2D eigenvalue weighted by atomic mass is 10.0. The Morgan fingerprint density at radius 1 is 1.40 bits per heavy atom. The molecule has 0 bridgehead atoms. The average molecular weight is 211 g/mol. The van der Waals surface area contributed by atoms with Gasteiger partial charge in [-0.1, -0.05) is 13.8 Å². The van der Waals surface area contributed by atoms with Gasteiger partial charge in [0.15, 0.2) is 0 Å². The molecule has 0 unspecified atom stereocenters. The summed E-state index contributed by atoms with van der Waals surface area (Å²) in [7, 11) is 0. The molecule has 0 radical (unpaired) electrons. The van der Waals surface area contributed by atoms with E-state index in [1.54, 1.807) is 6.26 Å². The molecule has 0 aliphatic rings. The van der Waals surface area contributed by atoms with Gasteiger partial charge in [-0.15, -0.1) is 0 Å². The maximum absolute atomic E-state index is 9.23. The van der Waals surface area contributed by atoms with Crippen molar-refractivity contribution in [2.75, 3.05) is 6.61 Å². The summed E-state index contributed by atoms with van der Waals surface area (Å²) >= 11 is 0. The van der Waals surface area contributed by atoms with Gasteiger partial charge in [-0.3, -0.25) is 0 Å². The fourth-order valence-electron chi connectivity index (χ4n) is 1.74. The first-order chi connectivity index (χ1) is 7.13. The molecule has 15 heavy (non-hydrogen) atoms. The largest absolute Gasteiger partial charge is 0.468 e. The molecule has 0 fully saturated rings. The SMILES string of the molecule is CC(C)C[C@@H](CO)N[C@@H](C)c1ccco1. The summed E-state index contributed by atoms with van der Waals surface area (Å²) in [6.07, 6.45) is 2.64. The van der Waals surface area contributed by atoms with Gasteiger partial charge >= 0.3 is 0 Å². The average Bonchev–Trinajstić information content (AvgIpc) is 2.68. The van der Waals surface area contributed by atoms with Crippen LogP contribution < -0.4 is 5.32 Å². The first-order valence-electron chi connectivity index (χ1n) is 5.53. The molecule has 86 valence electrons. The predicted octanol–water partition coefficient (Wildman–Crippen LogP) is 2.34. The molecule has 0 saturated heterocycles. The first kappa shape index (κ1) is 12.3. The molecule has 0 aliphatic carbocycles. The van der Waals surface area contributed by atoms with Gasteiger partial charge in [-0.25, -0.2) is 0 Å². The van der Waals surface area contributed by atoms with Crippen LogP contribution in [0.15, 0.2) is 22.8 Å². The Kier molecular flexibility index (Phi) is 4.85. The highest BCUT2D eigenvalue weighted by molar-refractivity contribution is 5.03. The minimum atomic E-state index is 0.144. The molecule has 0 saturated carbocycles. The summed E-state index contributed by atoms with van der Waals surface area (Å²) in [4.78, 5) is 0. The van der Waals surface area contributed by atoms with Crippen molar-refractivity contribution < 1.29 is 9.52 Å². The third-order valence-electron chi connectivity index (χ3n) is 2.43. The number of furan rings is 1. The summed E-state index contributed by atoms with van der Waals surface area (Å²) in [5.41, 5.74) is 0. The van der Waals surface area contributed by atoms with Crippen molar-refractivity contribution >= 4 is 0 Å². The fraction of sp³-hybridized carbons (Fsp3) is 0.667. The van der Waals surface area contributed by atoms with Crippen LogP contribution in [0.25, 0.3) is 0 Å². The second-order valence-corrected chi connectivity index (χ2v) is 4.41. The maximum atomic E-state index is 9.23. The number of rotatable bonds is 6. The summed E-state index contributed by atoms with van der Waals surface area (Å²) in [6.45, 7) is 6.52. The van der Waals surface area contributed by atoms with Crippen LogP contribution in [-0.2, 0) is 0 Å². The Labute approximate surface area is 91.5 Å². The lowest BCUT2D eigenvalue weighted by Crippen LogP contribution is -2.35. The van der Waals surface area contributed by atoms with Gasteiger partial charge in [0.1, 0.15) is 5.76 Å². The molecule has 2 atom stereocenters. The minimum Gasteiger partial charge on any atom is -0.468 e. The standard InChI is InChI=1S/C12H21NO2/c1-9(2)7-11(8-14)13-10(3)12-5-4-6-15-12/h4-6,9-11,13-14H,7-8H2,1-3H3/t10-,11-/m0/s1. The third kappa shape index (κ3) is 4.06. The summed E-state index contributed by atoms with van der Waals surface area (Å²) in [5.74, 6) is 1.50. The molecule has 0 amide bonds. The van der Waals surface area contributed by atoms with E-state index in [9.17, 15) is 5.11 Å². The van der Waals surface area contributed by atoms with Crippen molar-refractivity contribution in [3.05, 3.63) is 24.2 Å². The normalized spacial score (nSPS) is 15.5. The Bertz CT molecular complexity index is 257. The van der Waals surface area contributed by atoms with E-state index in [-0.39, 0.29) is 18.7 Å². The molecule has 0 aromatic carbocycles. The first-order valence-corrected chi connectivity index (χ1v) is 5.53. The van der Waals surface area contributed by atoms with E-state index in [4.69, 9.17) is 4.42 Å². The quantitative estimate of drug-likeness (QED) is 0.759. The minimum absolute atomic E-state index is 0.144. The molecule has 1 rings (SSSR count). The van der Waals surface area contributed by atoms with Crippen molar-refractivity contribution in [1.82, 2.24) is 5.32 Å². The van der Waals surface area contributed by atoms with Crippen LogP contribution in [0.1, 0.15) is 39.0 Å². The molecule has 0 aliphatic heterocycles. The van der Waals surface area contributed by atoms with Crippen LogP contribution in [0.2, 0.25) is 0 Å². The summed E-state index contributed by atoms with van der Waals surface area (Å²) in [5, 5.41) is 12.6. The van der Waals surface area contributed by atoms with Gasteiger partial charge in [-0.2, -0.15) is 0 Å². The van der Waals surface area contributed by atoms with E-state index in [1.807, 2.05) is 19.1 Å². The number of aliphatic hydroxyl groups excluding tert-OH is 1. The number of nitrogens with one attached hydrogen (secondary N) is 1. The summed E-state index contributed by atoms with van der Waals surface area (Å²) < 4.78 is 5.30. The van der Waals surface area contributed by atoms with Gasteiger partial charge in [0.05, 0.1) is 18.9 Å². The van der Waals surface area contributed by atoms with Crippen LogP contribution in [0.5, 0.6) is 0 Å². The molecular formula is C12H21NO2. The van der Waals surface area contributed by atoms with Crippen LogP contribution in [-0.4, -0.2) is 17.8 Å². The zero-order valence-corrected chi connectivity index (χ0v) is 9.73. The third-order valence-corrected chi connectivity index (χ3v) is 2.43. The number of aliphatic hydroxyl groups is 1. The van der Waals surface area contributed by atoms with Crippen LogP contribution in [0.3, 0.4) is 0 Å². The van der Waals surface area contributed by atoms with Crippen molar-refractivity contribution in [3.8, 4) is 0 Å². The van der Waals surface area contributed by atoms with Crippen LogP contribution in [0, 0.1) is 5.92 Å². The van der Waals surface area contributed by atoms with E-state index in [0.29, 0.717) is 5.92 Å². The van der Waals surface area contributed by atoms with Gasteiger partial charge in [0.2, 0.25) is 0 Å². The molecule has 0 spiro atoms. The monoisotopic (exact) mass is 211 g/mol. The van der Waals surface area contributed by atoms with Crippen LogP contribution >= 0.6 is 0 Å². The van der Waals surface area contributed by atoms with Gasteiger partial charge in [0, 0.05) is 6.04 Å². The molecular weight excluding hydrogens is 190 g/mol. The smallest absolute Gasteiger partial charge is 0.120 e. The van der Waals surface area contributed by atoms with Crippen LogP contribution in [0.4, 0.5) is 0 Å². The van der Waals surface area contributed by atoms with Crippen molar-refractivity contribution in [1.29, 1.82) is 0 Å². The van der Waals surface area contributed by atoms with Crippen molar-refractivity contribution in [2.24, 2.45) is 5.92 Å². The molecule has 1 heterocycles. The van der Waals surface area contributed by atoms with E-state index in [0.717, 1.165) is 12.2 Å². The lowest BCUT2D eigenvalue weighted by molar-refractivity contribution is 0.210. The second kappa shape index (κ2) is 5.93. The molecule has 2 N–H and O–H groups in total. The van der Waals surface area contributed by atoms with Crippen molar-refractivity contribution in [3.63, 3.8) is 0 Å². The van der Waals surface area contributed by atoms with Gasteiger partial charge in [-0.05, 0) is 31.4 Å². The summed E-state index contributed by atoms with van der Waals surface area (Å²) in [6, 6.07) is 4.12. The Morgan fingerprint density at radius 2 is 2.13 bits per heavy atom. The topological polar surface area (TPSA) is 45.4 Å². The second-order valence-electron chi connectivity index (χ2n) is 4.41. The predicted molar refractivity (Wildman–Crippen MR) is 60.6 cm³/mol.